The molecule has 1 aliphatic heterocycles. The van der Waals surface area contributed by atoms with Crippen LogP contribution in [-0.2, 0) is 16.0 Å². The van der Waals surface area contributed by atoms with Crippen LogP contribution in [0.4, 0.5) is 8.78 Å². The number of hydrogen-bond acceptors (Lipinski definition) is 4. The van der Waals surface area contributed by atoms with Crippen LogP contribution in [0.5, 0.6) is 5.75 Å². The van der Waals surface area contributed by atoms with Crippen LogP contribution in [0.2, 0.25) is 0 Å². The van der Waals surface area contributed by atoms with E-state index in [1.165, 1.54) is 13.8 Å². The van der Waals surface area contributed by atoms with Gasteiger partial charge in [-0.3, -0.25) is 4.98 Å². The Morgan fingerprint density at radius 2 is 1.79 bits per heavy atom. The van der Waals surface area contributed by atoms with Gasteiger partial charge in [0, 0.05) is 23.6 Å². The second-order valence-electron chi connectivity index (χ2n) is 9.43. The fourth-order valence-corrected chi connectivity index (χ4v) is 4.22. The predicted molar refractivity (Wildman–Crippen MR) is 157 cm³/mol. The van der Waals surface area contributed by atoms with E-state index < -0.39 is 24.1 Å². The lowest BCUT2D eigenvalue weighted by atomic mass is 9.86. The minimum Gasteiger partial charge on any atom is -0.493 e. The summed E-state index contributed by atoms with van der Waals surface area (Å²) in [6.45, 7) is 18.5. The molecule has 0 amide bonds. The summed E-state index contributed by atoms with van der Waals surface area (Å²) in [5, 5.41) is 10.9. The first kappa shape index (κ1) is 34.0. The van der Waals surface area contributed by atoms with Gasteiger partial charge in [0.25, 0.3) is 6.43 Å². The molecule has 0 spiro atoms. The first-order valence-electron chi connectivity index (χ1n) is 13.8. The molecule has 2 aromatic rings. The molecule has 2 heterocycles. The van der Waals surface area contributed by atoms with Gasteiger partial charge in [-0.15, -0.1) is 0 Å². The summed E-state index contributed by atoms with van der Waals surface area (Å²) in [6, 6.07) is 5.68. The highest BCUT2D eigenvalue weighted by molar-refractivity contribution is 6.02. The molecular formula is C32H45F2NO4. The van der Waals surface area contributed by atoms with Crippen LogP contribution in [0.3, 0.4) is 0 Å². The molecule has 0 radical (unpaired) electrons. The summed E-state index contributed by atoms with van der Waals surface area (Å²) in [5.74, 6) is -0.608. The molecule has 1 aromatic heterocycles. The fraction of sp³-hybridized carbons (Fsp3) is 0.500. The zero-order valence-corrected chi connectivity index (χ0v) is 25.1. The van der Waals surface area contributed by atoms with E-state index >= 15 is 0 Å². The molecule has 39 heavy (non-hydrogen) atoms. The highest BCUT2D eigenvalue weighted by atomic mass is 19.3. The van der Waals surface area contributed by atoms with Crippen molar-refractivity contribution in [2.75, 3.05) is 6.61 Å². The van der Waals surface area contributed by atoms with Gasteiger partial charge < -0.3 is 14.6 Å². The summed E-state index contributed by atoms with van der Waals surface area (Å²) in [6.07, 6.45) is 2.73. The number of aromatic nitrogens is 1. The second-order valence-corrected chi connectivity index (χ2v) is 9.43. The SMILES string of the molecule is CC.CC.CC/C=C\C(=C(C)C)/C(=C(\C)C(OC(C)(C)C(F)F)C(=O)O)c1ccc2c3c(ccnc13)CCO2. The second kappa shape index (κ2) is 15.5. The van der Waals surface area contributed by atoms with Gasteiger partial charge in [0.15, 0.2) is 6.10 Å². The third-order valence-electron chi connectivity index (χ3n) is 6.13. The van der Waals surface area contributed by atoms with Crippen molar-refractivity contribution in [2.45, 2.75) is 100 Å². The van der Waals surface area contributed by atoms with Crippen LogP contribution < -0.4 is 4.74 Å². The first-order chi connectivity index (χ1) is 18.5. The van der Waals surface area contributed by atoms with Crippen molar-refractivity contribution < 1.29 is 28.2 Å². The largest absolute Gasteiger partial charge is 0.493 e. The van der Waals surface area contributed by atoms with E-state index in [1.54, 1.807) is 13.1 Å². The molecule has 1 aromatic carbocycles. The number of alkyl halides is 2. The third-order valence-corrected chi connectivity index (χ3v) is 6.13. The molecule has 0 bridgehead atoms. The van der Waals surface area contributed by atoms with Gasteiger partial charge in [-0.1, -0.05) is 52.3 Å². The number of benzene rings is 1. The Hall–Kier alpha value is -3.06. The van der Waals surface area contributed by atoms with Crippen molar-refractivity contribution in [1.29, 1.82) is 0 Å². The van der Waals surface area contributed by atoms with Gasteiger partial charge in [0.05, 0.1) is 12.1 Å². The van der Waals surface area contributed by atoms with E-state index in [0.29, 0.717) is 28.8 Å². The minimum atomic E-state index is -2.86. The average molecular weight is 546 g/mol. The molecule has 1 aliphatic rings. The van der Waals surface area contributed by atoms with Gasteiger partial charge in [0.2, 0.25) is 0 Å². The Morgan fingerprint density at radius 3 is 2.33 bits per heavy atom. The lowest BCUT2D eigenvalue weighted by Crippen LogP contribution is -2.41. The van der Waals surface area contributed by atoms with Crippen molar-refractivity contribution in [2.24, 2.45) is 0 Å². The number of carboxylic acids is 1. The fourth-order valence-electron chi connectivity index (χ4n) is 4.22. The number of aliphatic carboxylic acids is 1. The highest BCUT2D eigenvalue weighted by Gasteiger charge is 2.38. The van der Waals surface area contributed by atoms with E-state index in [2.05, 4.69) is 4.98 Å². The normalized spacial score (nSPS) is 14.0. The number of carbonyl (C=O) groups is 1. The number of halogens is 2. The van der Waals surface area contributed by atoms with E-state index in [-0.39, 0.29) is 0 Å². The number of allylic oxidation sites excluding steroid dienone is 5. The van der Waals surface area contributed by atoms with Gasteiger partial charge in [0.1, 0.15) is 11.4 Å². The number of hydrogen-bond donors (Lipinski definition) is 1. The number of nitrogens with zero attached hydrogens (tertiary/aromatic N) is 1. The topological polar surface area (TPSA) is 68.7 Å². The molecular weight excluding hydrogens is 500 g/mol. The summed E-state index contributed by atoms with van der Waals surface area (Å²) >= 11 is 0. The van der Waals surface area contributed by atoms with Crippen LogP contribution >= 0.6 is 0 Å². The Morgan fingerprint density at radius 1 is 1.15 bits per heavy atom. The zero-order chi connectivity index (χ0) is 29.9. The van der Waals surface area contributed by atoms with Crippen molar-refractivity contribution in [3.05, 3.63) is 64.4 Å². The summed E-state index contributed by atoms with van der Waals surface area (Å²) in [4.78, 5) is 17.0. The van der Waals surface area contributed by atoms with Crippen LogP contribution in [0.15, 0.2) is 53.3 Å². The van der Waals surface area contributed by atoms with Crippen molar-refractivity contribution in [3.8, 4) is 5.75 Å². The first-order valence-corrected chi connectivity index (χ1v) is 13.8. The van der Waals surface area contributed by atoms with Crippen LogP contribution in [0, 0.1) is 0 Å². The maximum absolute atomic E-state index is 13.6. The van der Waals surface area contributed by atoms with Crippen molar-refractivity contribution in [1.82, 2.24) is 4.98 Å². The molecule has 0 saturated carbocycles. The molecule has 0 fully saturated rings. The van der Waals surface area contributed by atoms with E-state index in [4.69, 9.17) is 9.47 Å². The van der Waals surface area contributed by atoms with Gasteiger partial charge >= 0.3 is 5.97 Å². The molecule has 216 valence electrons. The molecule has 3 rings (SSSR count). The average Bonchev–Trinajstić information content (AvgIpc) is 2.92. The standard InChI is InChI=1S/C28H33F2NO4.2C2H6/c1-7-8-9-19(16(2)3)22(17(4)25(26(32)33)35-28(5,6)27(29)30)20-10-11-21-23-18(13-15-34-21)12-14-31-24(20)23;2*1-2/h8-12,14,25,27H,7,13,15H2,1-6H3,(H,32,33);2*1-2H3/b9-8-,22-17-;;. The molecule has 7 heteroatoms. The molecule has 5 nitrogen and oxygen atoms in total. The van der Waals surface area contributed by atoms with Crippen LogP contribution in [-0.4, -0.2) is 40.8 Å². The monoisotopic (exact) mass is 545 g/mol. The Labute approximate surface area is 232 Å². The molecule has 0 aliphatic carbocycles. The zero-order valence-electron chi connectivity index (χ0n) is 25.1. The predicted octanol–water partition coefficient (Wildman–Crippen LogP) is 8.81. The summed E-state index contributed by atoms with van der Waals surface area (Å²) < 4.78 is 38.7. The summed E-state index contributed by atoms with van der Waals surface area (Å²) in [7, 11) is 0. The molecule has 1 atom stereocenters. The highest BCUT2D eigenvalue weighted by Crippen LogP contribution is 2.41. The Balaban J connectivity index is 0.00000181. The van der Waals surface area contributed by atoms with E-state index in [1.807, 2.05) is 78.8 Å². The summed E-state index contributed by atoms with van der Waals surface area (Å²) in [5.41, 5.74) is 3.20. The number of pyridine rings is 1. The van der Waals surface area contributed by atoms with E-state index in [0.717, 1.165) is 40.7 Å². The molecule has 1 unspecified atom stereocenters. The maximum Gasteiger partial charge on any atom is 0.337 e. The van der Waals surface area contributed by atoms with E-state index in [9.17, 15) is 18.7 Å². The lowest BCUT2D eigenvalue weighted by Gasteiger charge is -2.30. The smallest absolute Gasteiger partial charge is 0.337 e. The quantitative estimate of drug-likeness (QED) is 0.319. The Bertz CT molecular complexity index is 1200. The number of carboxylic acid groups (broad SMARTS) is 1. The van der Waals surface area contributed by atoms with Crippen molar-refractivity contribution >= 4 is 22.4 Å². The number of rotatable bonds is 9. The van der Waals surface area contributed by atoms with Gasteiger partial charge in [-0.05, 0) is 81.5 Å². The maximum atomic E-state index is 13.6. The molecule has 1 N–H and O–H groups in total. The number of ether oxygens (including phenoxy) is 2. The van der Waals surface area contributed by atoms with Gasteiger partial charge in [-0.2, -0.15) is 0 Å². The third kappa shape index (κ3) is 7.98. The van der Waals surface area contributed by atoms with Crippen LogP contribution in [0.1, 0.15) is 86.8 Å². The minimum absolute atomic E-state index is 0.322. The van der Waals surface area contributed by atoms with Gasteiger partial charge in [-0.25, -0.2) is 13.6 Å². The lowest BCUT2D eigenvalue weighted by molar-refractivity contribution is -0.173. The van der Waals surface area contributed by atoms with Crippen LogP contribution in [0.25, 0.3) is 16.5 Å². The van der Waals surface area contributed by atoms with Crippen molar-refractivity contribution in [3.63, 3.8) is 0 Å². The molecule has 0 saturated heterocycles. The Kier molecular flexibility index (Phi) is 13.5.